The van der Waals surface area contributed by atoms with Crippen LogP contribution in [0.2, 0.25) is 0 Å². The Balaban J connectivity index is 0.859. The Morgan fingerprint density at radius 1 is 0.306 bits per heavy atom. The van der Waals surface area contributed by atoms with Crippen molar-refractivity contribution in [2.45, 2.75) is 5.41 Å². The highest BCUT2D eigenvalue weighted by Crippen LogP contribution is 2.62. The standard InChI is InChI=1S/C57H34N2O3/c1-2-12-45-43(11-1)44-30-29-39(34-48(44)57(45)46-13-3-7-17-51(46)60-52-18-8-4-14-47(52)57)37-25-21-35(22-26-37)36-23-27-38(28-24-36)40-31-41(55-58-49-15-5-9-19-53(49)61-55)33-42(32-40)56-59-50-16-6-10-20-54(50)62-56/h1-34H. The SMILES string of the molecule is c1ccc2c(c1)Oc1ccccc1C21c2ccccc2-c2ccc(-c3ccc(-c4ccc(-c5cc(-c6nc7ccccc7o6)cc(-c6nc7ccccc7o6)c5)cc4)cc3)cc21. The number of hydrogen-bond acceptors (Lipinski definition) is 5. The lowest BCUT2D eigenvalue weighted by Crippen LogP contribution is -2.32. The molecule has 290 valence electrons. The first kappa shape index (κ1) is 34.6. The molecule has 1 spiro atoms. The molecule has 0 saturated heterocycles. The van der Waals surface area contributed by atoms with Crippen molar-refractivity contribution < 1.29 is 13.6 Å². The van der Waals surface area contributed by atoms with Gasteiger partial charge in [0.1, 0.15) is 22.5 Å². The Kier molecular flexibility index (Phi) is 7.45. The summed E-state index contributed by atoms with van der Waals surface area (Å²) < 4.78 is 19.0. The molecule has 13 rings (SSSR count). The largest absolute Gasteiger partial charge is 0.457 e. The van der Waals surface area contributed by atoms with Gasteiger partial charge in [0.05, 0.1) is 5.41 Å². The second-order valence-corrected chi connectivity index (χ2v) is 16.1. The molecule has 0 atom stereocenters. The van der Waals surface area contributed by atoms with Crippen molar-refractivity contribution in [1.82, 2.24) is 9.97 Å². The van der Waals surface area contributed by atoms with Gasteiger partial charge in [-0.3, -0.25) is 0 Å². The highest BCUT2D eigenvalue weighted by Gasteiger charge is 2.51. The van der Waals surface area contributed by atoms with Gasteiger partial charge in [-0.15, -0.1) is 0 Å². The lowest BCUT2D eigenvalue weighted by atomic mass is 9.66. The van der Waals surface area contributed by atoms with E-state index in [9.17, 15) is 0 Å². The molecule has 0 unspecified atom stereocenters. The second-order valence-electron chi connectivity index (χ2n) is 16.1. The van der Waals surface area contributed by atoms with E-state index in [1.54, 1.807) is 0 Å². The number of ether oxygens (including phenoxy) is 1. The molecule has 0 bridgehead atoms. The molecule has 1 aliphatic heterocycles. The van der Waals surface area contributed by atoms with Crippen LogP contribution in [0, 0.1) is 0 Å². The molecular formula is C57H34N2O3. The van der Waals surface area contributed by atoms with Gasteiger partial charge < -0.3 is 13.6 Å². The van der Waals surface area contributed by atoms with Crippen molar-refractivity contribution in [2.75, 3.05) is 0 Å². The van der Waals surface area contributed by atoms with Crippen LogP contribution in [0.1, 0.15) is 22.3 Å². The van der Waals surface area contributed by atoms with E-state index in [1.165, 1.54) is 38.9 Å². The summed E-state index contributed by atoms with van der Waals surface area (Å²) in [5.41, 5.74) is 18.4. The van der Waals surface area contributed by atoms with E-state index >= 15 is 0 Å². The van der Waals surface area contributed by atoms with Gasteiger partial charge >= 0.3 is 0 Å². The fourth-order valence-corrected chi connectivity index (χ4v) is 9.78. The maximum absolute atomic E-state index is 6.55. The summed E-state index contributed by atoms with van der Waals surface area (Å²) in [6, 6.07) is 72.4. The number of nitrogens with zero attached hydrogens (tertiary/aromatic N) is 2. The van der Waals surface area contributed by atoms with Crippen molar-refractivity contribution in [3.8, 4) is 78.9 Å². The summed E-state index contributed by atoms with van der Waals surface area (Å²) in [4.78, 5) is 9.64. The molecule has 0 N–H and O–H groups in total. The summed E-state index contributed by atoms with van der Waals surface area (Å²) in [5, 5.41) is 0. The van der Waals surface area contributed by atoms with Crippen LogP contribution in [0.5, 0.6) is 11.5 Å². The second kappa shape index (κ2) is 13.4. The van der Waals surface area contributed by atoms with Gasteiger partial charge in [-0.1, -0.05) is 146 Å². The molecule has 0 saturated carbocycles. The van der Waals surface area contributed by atoms with E-state index in [-0.39, 0.29) is 0 Å². The zero-order chi connectivity index (χ0) is 40.8. The van der Waals surface area contributed by atoms with E-state index in [2.05, 4.69) is 152 Å². The van der Waals surface area contributed by atoms with E-state index in [1.807, 2.05) is 54.6 Å². The fraction of sp³-hybridized carbons (Fsp3) is 0.0175. The van der Waals surface area contributed by atoms with Gasteiger partial charge in [-0.2, -0.15) is 0 Å². The van der Waals surface area contributed by atoms with Crippen LogP contribution in [0.15, 0.2) is 215 Å². The molecule has 2 aromatic heterocycles. The minimum Gasteiger partial charge on any atom is -0.457 e. The molecule has 5 heteroatoms. The molecule has 11 aromatic rings. The maximum Gasteiger partial charge on any atom is 0.227 e. The first-order chi connectivity index (χ1) is 30.7. The highest BCUT2D eigenvalue weighted by atomic mass is 16.5. The fourth-order valence-electron chi connectivity index (χ4n) is 9.78. The van der Waals surface area contributed by atoms with Crippen molar-refractivity contribution in [3.63, 3.8) is 0 Å². The van der Waals surface area contributed by atoms with Crippen LogP contribution in [0.4, 0.5) is 0 Å². The number of benzene rings is 9. The normalized spacial score (nSPS) is 13.1. The van der Waals surface area contributed by atoms with E-state index in [4.69, 9.17) is 23.5 Å². The molecular weight excluding hydrogens is 761 g/mol. The Bertz CT molecular complexity index is 3360. The quantitative estimate of drug-likeness (QED) is 0.174. The predicted molar refractivity (Wildman–Crippen MR) is 246 cm³/mol. The molecule has 9 aromatic carbocycles. The van der Waals surface area contributed by atoms with Crippen molar-refractivity contribution in [1.29, 1.82) is 0 Å². The summed E-state index contributed by atoms with van der Waals surface area (Å²) in [7, 11) is 0. The Hall–Kier alpha value is -8.28. The highest BCUT2D eigenvalue weighted by molar-refractivity contribution is 5.91. The van der Waals surface area contributed by atoms with Gasteiger partial charge in [0.25, 0.3) is 0 Å². The Labute approximate surface area is 357 Å². The molecule has 2 aliphatic rings. The minimum absolute atomic E-state index is 0.500. The summed E-state index contributed by atoms with van der Waals surface area (Å²) in [5.74, 6) is 2.89. The summed E-state index contributed by atoms with van der Waals surface area (Å²) in [6.45, 7) is 0. The number of aromatic nitrogens is 2. The van der Waals surface area contributed by atoms with Crippen LogP contribution in [-0.4, -0.2) is 9.97 Å². The van der Waals surface area contributed by atoms with Crippen LogP contribution < -0.4 is 4.74 Å². The molecule has 0 radical (unpaired) electrons. The third kappa shape index (κ3) is 5.22. The number of oxazole rings is 2. The number of rotatable bonds is 5. The number of para-hydroxylation sites is 6. The summed E-state index contributed by atoms with van der Waals surface area (Å²) in [6.07, 6.45) is 0. The third-order valence-corrected chi connectivity index (χ3v) is 12.6. The average molecular weight is 795 g/mol. The van der Waals surface area contributed by atoms with E-state index < -0.39 is 5.41 Å². The molecule has 3 heterocycles. The minimum atomic E-state index is -0.500. The van der Waals surface area contributed by atoms with Crippen LogP contribution >= 0.6 is 0 Å². The topological polar surface area (TPSA) is 61.3 Å². The lowest BCUT2D eigenvalue weighted by molar-refractivity contribution is 0.436. The molecule has 5 nitrogen and oxygen atoms in total. The third-order valence-electron chi connectivity index (χ3n) is 12.6. The predicted octanol–water partition coefficient (Wildman–Crippen LogP) is 14.8. The molecule has 0 fully saturated rings. The van der Waals surface area contributed by atoms with Crippen molar-refractivity contribution >= 4 is 22.2 Å². The smallest absolute Gasteiger partial charge is 0.227 e. The van der Waals surface area contributed by atoms with Gasteiger partial charge in [0.2, 0.25) is 11.8 Å². The zero-order valence-corrected chi connectivity index (χ0v) is 33.2. The monoisotopic (exact) mass is 794 g/mol. The van der Waals surface area contributed by atoms with Crippen molar-refractivity contribution in [3.05, 3.63) is 229 Å². The zero-order valence-electron chi connectivity index (χ0n) is 33.2. The Morgan fingerprint density at radius 2 is 0.726 bits per heavy atom. The molecule has 0 amide bonds. The van der Waals surface area contributed by atoms with Crippen molar-refractivity contribution in [2.24, 2.45) is 0 Å². The van der Waals surface area contributed by atoms with Gasteiger partial charge in [-0.05, 0) is 116 Å². The molecule has 62 heavy (non-hydrogen) atoms. The van der Waals surface area contributed by atoms with Crippen LogP contribution in [0.25, 0.3) is 89.6 Å². The van der Waals surface area contributed by atoms with Crippen LogP contribution in [0.3, 0.4) is 0 Å². The van der Waals surface area contributed by atoms with Gasteiger partial charge in [-0.25, -0.2) is 9.97 Å². The first-order valence-electron chi connectivity index (χ1n) is 20.9. The first-order valence-corrected chi connectivity index (χ1v) is 20.9. The number of hydrogen-bond donors (Lipinski definition) is 0. The number of fused-ring (bicyclic) bond motifs is 11. The Morgan fingerprint density at radius 3 is 1.29 bits per heavy atom. The summed E-state index contributed by atoms with van der Waals surface area (Å²) >= 11 is 0. The van der Waals surface area contributed by atoms with Gasteiger partial charge in [0, 0.05) is 22.3 Å². The molecule has 1 aliphatic carbocycles. The maximum atomic E-state index is 6.55. The average Bonchev–Trinajstić information content (AvgIpc) is 4.06. The lowest BCUT2D eigenvalue weighted by Gasteiger charge is -2.39. The van der Waals surface area contributed by atoms with E-state index in [0.29, 0.717) is 11.8 Å². The van der Waals surface area contributed by atoms with E-state index in [0.717, 1.165) is 72.6 Å². The van der Waals surface area contributed by atoms with Crippen LogP contribution in [-0.2, 0) is 5.41 Å². The van der Waals surface area contributed by atoms with Gasteiger partial charge in [0.15, 0.2) is 11.2 Å².